The highest BCUT2D eigenvalue weighted by Gasteiger charge is 2.27. The summed E-state index contributed by atoms with van der Waals surface area (Å²) in [5, 5.41) is 3.03. The Morgan fingerprint density at radius 1 is 1.19 bits per heavy atom. The van der Waals surface area contributed by atoms with Gasteiger partial charge in [0.05, 0.1) is 31.5 Å². The minimum absolute atomic E-state index is 0.0803. The Kier molecular flexibility index (Phi) is 6.30. The average Bonchev–Trinajstić information content (AvgIpc) is 2.84. The molecule has 3 aromatic rings. The minimum atomic E-state index is -0.154. The molecule has 0 aliphatic carbocycles. The number of anilines is 2. The predicted octanol–water partition coefficient (Wildman–Crippen LogP) is 2.76. The summed E-state index contributed by atoms with van der Waals surface area (Å²) < 4.78 is 5.20. The molecule has 2 amide bonds. The molecule has 4 rings (SSSR count). The zero-order valence-corrected chi connectivity index (χ0v) is 18.1. The van der Waals surface area contributed by atoms with Gasteiger partial charge in [-0.05, 0) is 35.9 Å². The maximum Gasteiger partial charge on any atom is 0.255 e. The zero-order chi connectivity index (χ0) is 22.5. The molecular formula is C24H25N5O3. The van der Waals surface area contributed by atoms with Crippen molar-refractivity contribution in [1.29, 1.82) is 0 Å². The number of likely N-dealkylation sites (N-methyl/N-ethyl adjacent to an activating group) is 1. The van der Waals surface area contributed by atoms with Gasteiger partial charge >= 0.3 is 0 Å². The molecule has 164 valence electrons. The van der Waals surface area contributed by atoms with Gasteiger partial charge < -0.3 is 19.9 Å². The lowest BCUT2D eigenvalue weighted by atomic mass is 10.1. The highest BCUT2D eigenvalue weighted by Crippen LogP contribution is 2.30. The first-order chi connectivity index (χ1) is 15.5. The van der Waals surface area contributed by atoms with Crippen molar-refractivity contribution in [2.45, 2.75) is 13.0 Å². The summed E-state index contributed by atoms with van der Waals surface area (Å²) in [6, 6.07) is 15.0. The Bertz CT molecular complexity index is 1100. The Labute approximate surface area is 186 Å². The second kappa shape index (κ2) is 9.47. The molecule has 0 radical (unpaired) electrons. The van der Waals surface area contributed by atoms with Crippen LogP contribution in [0.4, 0.5) is 11.5 Å². The number of fused-ring (bicyclic) bond motifs is 1. The van der Waals surface area contributed by atoms with Gasteiger partial charge in [-0.3, -0.25) is 14.6 Å². The molecule has 0 saturated heterocycles. The van der Waals surface area contributed by atoms with Crippen LogP contribution >= 0.6 is 0 Å². The Hall–Kier alpha value is -3.94. The normalized spacial score (nSPS) is 12.7. The number of nitrogens with zero attached hydrogens (tertiary/aromatic N) is 4. The maximum atomic E-state index is 13.0. The fourth-order valence-corrected chi connectivity index (χ4v) is 3.54. The summed E-state index contributed by atoms with van der Waals surface area (Å²) in [6.45, 7) is 1.07. The molecule has 0 saturated carbocycles. The smallest absolute Gasteiger partial charge is 0.255 e. The van der Waals surface area contributed by atoms with E-state index in [0.717, 1.165) is 17.0 Å². The molecular weight excluding hydrogens is 406 g/mol. The molecule has 8 heteroatoms. The molecule has 0 fully saturated rings. The molecule has 32 heavy (non-hydrogen) atoms. The lowest BCUT2D eigenvalue weighted by Gasteiger charge is -2.30. The van der Waals surface area contributed by atoms with E-state index in [4.69, 9.17) is 4.74 Å². The molecule has 0 unspecified atom stereocenters. The van der Waals surface area contributed by atoms with Crippen LogP contribution < -0.4 is 15.0 Å². The van der Waals surface area contributed by atoms with Crippen molar-refractivity contribution in [3.63, 3.8) is 0 Å². The van der Waals surface area contributed by atoms with Crippen LogP contribution in [0, 0.1) is 0 Å². The molecule has 0 bridgehead atoms. The van der Waals surface area contributed by atoms with Crippen molar-refractivity contribution in [2.75, 3.05) is 37.5 Å². The molecule has 8 nitrogen and oxygen atoms in total. The third kappa shape index (κ3) is 4.69. The molecule has 1 aliphatic rings. The number of hydrogen-bond donors (Lipinski definition) is 1. The standard InChI is InChI=1S/C24H25N5O3/c1-28(12-10-19-5-3-4-11-25-19)24(31)18-13-21-23(26-14-18)27-15-22(30)29(21)16-17-6-8-20(32-2)9-7-17/h3-9,11,13-14H,10,12,15-16H2,1-2H3,(H,26,27). The fourth-order valence-electron chi connectivity index (χ4n) is 3.54. The number of pyridine rings is 2. The van der Waals surface area contributed by atoms with E-state index in [1.807, 2.05) is 42.5 Å². The van der Waals surface area contributed by atoms with Crippen LogP contribution in [0.15, 0.2) is 60.9 Å². The van der Waals surface area contributed by atoms with Crippen LogP contribution in [0.3, 0.4) is 0 Å². The molecule has 1 N–H and O–H groups in total. The van der Waals surface area contributed by atoms with Crippen molar-refractivity contribution >= 4 is 23.3 Å². The number of methoxy groups -OCH3 is 1. The zero-order valence-electron chi connectivity index (χ0n) is 18.1. The monoisotopic (exact) mass is 431 g/mol. The van der Waals surface area contributed by atoms with Gasteiger partial charge in [-0.15, -0.1) is 0 Å². The van der Waals surface area contributed by atoms with Gasteiger partial charge in [-0.1, -0.05) is 18.2 Å². The Balaban J connectivity index is 1.52. The molecule has 0 atom stereocenters. The predicted molar refractivity (Wildman–Crippen MR) is 122 cm³/mol. The minimum Gasteiger partial charge on any atom is -0.497 e. The van der Waals surface area contributed by atoms with Crippen molar-refractivity contribution in [2.24, 2.45) is 0 Å². The molecule has 1 aromatic carbocycles. The maximum absolute atomic E-state index is 13.0. The lowest BCUT2D eigenvalue weighted by Crippen LogP contribution is -2.40. The highest BCUT2D eigenvalue weighted by atomic mass is 16.5. The summed E-state index contributed by atoms with van der Waals surface area (Å²) in [7, 11) is 3.37. The third-order valence-corrected chi connectivity index (χ3v) is 5.39. The van der Waals surface area contributed by atoms with Crippen LogP contribution in [-0.2, 0) is 17.8 Å². The first kappa shape index (κ1) is 21.3. The van der Waals surface area contributed by atoms with Crippen LogP contribution in [0.25, 0.3) is 0 Å². The van der Waals surface area contributed by atoms with E-state index < -0.39 is 0 Å². The van der Waals surface area contributed by atoms with Gasteiger partial charge in [0.2, 0.25) is 5.91 Å². The largest absolute Gasteiger partial charge is 0.497 e. The summed E-state index contributed by atoms with van der Waals surface area (Å²) in [4.78, 5) is 37.7. The van der Waals surface area contributed by atoms with Gasteiger partial charge in [-0.25, -0.2) is 4.98 Å². The number of ether oxygens (including phenoxy) is 1. The van der Waals surface area contributed by atoms with Gasteiger partial charge in [-0.2, -0.15) is 0 Å². The van der Waals surface area contributed by atoms with Crippen LogP contribution in [0.5, 0.6) is 5.75 Å². The number of hydrogen-bond acceptors (Lipinski definition) is 6. The van der Waals surface area contributed by atoms with Crippen molar-refractivity contribution in [3.05, 3.63) is 77.7 Å². The van der Waals surface area contributed by atoms with Gasteiger partial charge in [0, 0.05) is 38.1 Å². The van der Waals surface area contributed by atoms with E-state index in [-0.39, 0.29) is 18.4 Å². The fraction of sp³-hybridized carbons (Fsp3) is 0.250. The summed E-state index contributed by atoms with van der Waals surface area (Å²) in [5.41, 5.74) is 2.91. The molecule has 1 aliphatic heterocycles. The van der Waals surface area contributed by atoms with Gasteiger partial charge in [0.1, 0.15) is 5.75 Å². The number of nitrogens with one attached hydrogen (secondary N) is 1. The van der Waals surface area contributed by atoms with Crippen LogP contribution in [0.2, 0.25) is 0 Å². The SMILES string of the molecule is COc1ccc(CN2C(=O)CNc3ncc(C(=O)N(C)CCc4ccccn4)cc32)cc1. The Morgan fingerprint density at radius 3 is 2.72 bits per heavy atom. The van der Waals surface area contributed by atoms with E-state index in [2.05, 4.69) is 15.3 Å². The topological polar surface area (TPSA) is 87.7 Å². The average molecular weight is 431 g/mol. The van der Waals surface area contributed by atoms with E-state index in [9.17, 15) is 9.59 Å². The second-order valence-electron chi connectivity index (χ2n) is 7.57. The second-order valence-corrected chi connectivity index (χ2v) is 7.57. The Morgan fingerprint density at radius 2 is 2.00 bits per heavy atom. The van der Waals surface area contributed by atoms with Gasteiger partial charge in [0.15, 0.2) is 5.82 Å². The van der Waals surface area contributed by atoms with Crippen molar-refractivity contribution in [3.8, 4) is 5.75 Å². The third-order valence-electron chi connectivity index (χ3n) is 5.39. The van der Waals surface area contributed by atoms with E-state index in [1.54, 1.807) is 42.4 Å². The summed E-state index contributed by atoms with van der Waals surface area (Å²) >= 11 is 0. The summed E-state index contributed by atoms with van der Waals surface area (Å²) in [6.07, 6.45) is 3.95. The number of amides is 2. The highest BCUT2D eigenvalue weighted by molar-refractivity contribution is 6.04. The number of aromatic nitrogens is 2. The van der Waals surface area contributed by atoms with E-state index >= 15 is 0 Å². The van der Waals surface area contributed by atoms with Crippen LogP contribution in [0.1, 0.15) is 21.6 Å². The number of carbonyl (C=O) groups is 2. The first-order valence-electron chi connectivity index (χ1n) is 10.4. The number of benzene rings is 1. The van der Waals surface area contributed by atoms with Gasteiger partial charge in [0.25, 0.3) is 5.91 Å². The number of rotatable bonds is 7. The molecule has 2 aromatic heterocycles. The van der Waals surface area contributed by atoms with Crippen molar-refractivity contribution in [1.82, 2.24) is 14.9 Å². The quantitative estimate of drug-likeness (QED) is 0.619. The first-order valence-corrected chi connectivity index (χ1v) is 10.4. The molecule has 3 heterocycles. The van der Waals surface area contributed by atoms with Crippen LogP contribution in [-0.4, -0.2) is 53.9 Å². The van der Waals surface area contributed by atoms with Crippen molar-refractivity contribution < 1.29 is 14.3 Å². The summed E-state index contributed by atoms with van der Waals surface area (Å²) in [5.74, 6) is 1.11. The van der Waals surface area contributed by atoms with E-state index in [1.165, 1.54) is 0 Å². The molecule has 0 spiro atoms. The lowest BCUT2D eigenvalue weighted by molar-refractivity contribution is -0.117. The van der Waals surface area contributed by atoms with E-state index in [0.29, 0.717) is 36.6 Å². The number of carbonyl (C=O) groups excluding carboxylic acids is 2.